The summed E-state index contributed by atoms with van der Waals surface area (Å²) in [7, 11) is 0. The molecule has 0 saturated heterocycles. The third-order valence-corrected chi connectivity index (χ3v) is 4.74. The van der Waals surface area contributed by atoms with Crippen molar-refractivity contribution >= 4 is 29.1 Å². The largest absolute Gasteiger partial charge is 0.448 e. The maximum atomic E-state index is 13.0. The van der Waals surface area contributed by atoms with Crippen molar-refractivity contribution in [1.29, 1.82) is 0 Å². The van der Waals surface area contributed by atoms with Gasteiger partial charge in [0.25, 0.3) is 5.91 Å². The van der Waals surface area contributed by atoms with Gasteiger partial charge >= 0.3 is 5.97 Å². The van der Waals surface area contributed by atoms with Crippen LogP contribution in [-0.2, 0) is 9.53 Å². The summed E-state index contributed by atoms with van der Waals surface area (Å²) < 4.78 is 5.15. The standard InChI is InChI=1S/C23H16N2O5/c1-13(30-23(29)18-10-4-5-12-24-18)22(28)25-17-11-6-9-16-19(17)21(27)15-8-3-2-7-14(15)20(16)26/h2-13H,1H3,(H,25,28). The lowest BCUT2D eigenvalue weighted by Gasteiger charge is -2.21. The Balaban J connectivity index is 1.57. The molecule has 2 aromatic carbocycles. The zero-order valence-corrected chi connectivity index (χ0v) is 15.9. The molecule has 1 N–H and O–H groups in total. The van der Waals surface area contributed by atoms with Crippen molar-refractivity contribution in [2.75, 3.05) is 5.32 Å². The van der Waals surface area contributed by atoms with Crippen LogP contribution in [0.1, 0.15) is 49.3 Å². The highest BCUT2D eigenvalue weighted by Crippen LogP contribution is 2.32. The number of hydrogen-bond acceptors (Lipinski definition) is 6. The Labute approximate surface area is 171 Å². The molecule has 0 radical (unpaired) electrons. The van der Waals surface area contributed by atoms with Gasteiger partial charge in [-0.25, -0.2) is 9.78 Å². The molecule has 1 aliphatic carbocycles. The van der Waals surface area contributed by atoms with Gasteiger partial charge in [0, 0.05) is 22.9 Å². The Morgan fingerprint density at radius 3 is 2.23 bits per heavy atom. The van der Waals surface area contributed by atoms with Crippen molar-refractivity contribution in [3.63, 3.8) is 0 Å². The van der Waals surface area contributed by atoms with Gasteiger partial charge in [-0.3, -0.25) is 14.4 Å². The van der Waals surface area contributed by atoms with Gasteiger partial charge in [0.2, 0.25) is 0 Å². The van der Waals surface area contributed by atoms with Crippen LogP contribution < -0.4 is 5.32 Å². The maximum absolute atomic E-state index is 13.0. The summed E-state index contributed by atoms with van der Waals surface area (Å²) in [5, 5.41) is 2.60. The van der Waals surface area contributed by atoms with Gasteiger partial charge in [-0.05, 0) is 25.1 Å². The monoisotopic (exact) mass is 400 g/mol. The number of anilines is 1. The molecule has 1 amide bonds. The molecule has 4 rings (SSSR count). The SMILES string of the molecule is CC(OC(=O)c1ccccn1)C(=O)Nc1cccc2c1C(=O)c1ccccc1C2=O. The number of benzene rings is 2. The van der Waals surface area contributed by atoms with Gasteiger partial charge in [-0.15, -0.1) is 0 Å². The summed E-state index contributed by atoms with van der Waals surface area (Å²) in [5.41, 5.74) is 1.22. The predicted molar refractivity (Wildman–Crippen MR) is 107 cm³/mol. The van der Waals surface area contributed by atoms with Gasteiger partial charge in [-0.1, -0.05) is 42.5 Å². The van der Waals surface area contributed by atoms with Gasteiger partial charge in [0.05, 0.1) is 11.3 Å². The fraction of sp³-hybridized carbons (Fsp3) is 0.0870. The number of carbonyl (C=O) groups excluding carboxylic acids is 4. The van der Waals surface area contributed by atoms with E-state index in [1.807, 2.05) is 0 Å². The van der Waals surface area contributed by atoms with Gasteiger partial charge < -0.3 is 10.1 Å². The molecule has 3 aromatic rings. The van der Waals surface area contributed by atoms with Gasteiger partial charge in [-0.2, -0.15) is 0 Å². The highest BCUT2D eigenvalue weighted by Gasteiger charge is 2.32. The lowest BCUT2D eigenvalue weighted by Crippen LogP contribution is -2.31. The molecule has 0 fully saturated rings. The molecule has 7 nitrogen and oxygen atoms in total. The molecule has 0 bridgehead atoms. The fourth-order valence-electron chi connectivity index (χ4n) is 3.24. The molecule has 30 heavy (non-hydrogen) atoms. The molecule has 148 valence electrons. The predicted octanol–water partition coefficient (Wildman–Crippen LogP) is 3.04. The molecular weight excluding hydrogens is 384 g/mol. The summed E-state index contributed by atoms with van der Waals surface area (Å²) in [6.45, 7) is 1.41. The minimum Gasteiger partial charge on any atom is -0.448 e. The summed E-state index contributed by atoms with van der Waals surface area (Å²) in [4.78, 5) is 54.4. The molecule has 7 heteroatoms. The Kier molecular flexibility index (Phi) is 4.93. The van der Waals surface area contributed by atoms with Crippen molar-refractivity contribution in [2.24, 2.45) is 0 Å². The second-order valence-corrected chi connectivity index (χ2v) is 6.68. The van der Waals surface area contributed by atoms with Crippen LogP contribution in [0.25, 0.3) is 0 Å². The van der Waals surface area contributed by atoms with E-state index in [0.717, 1.165) is 0 Å². The van der Waals surface area contributed by atoms with Crippen LogP contribution in [0.5, 0.6) is 0 Å². The third-order valence-electron chi connectivity index (χ3n) is 4.74. The Morgan fingerprint density at radius 1 is 0.867 bits per heavy atom. The molecular formula is C23H16N2O5. The van der Waals surface area contributed by atoms with Gasteiger partial charge in [0.1, 0.15) is 5.69 Å². The van der Waals surface area contributed by atoms with E-state index >= 15 is 0 Å². The minimum absolute atomic E-state index is 0.0756. The first kappa shape index (κ1) is 19.2. The first-order chi connectivity index (χ1) is 14.5. The van der Waals surface area contributed by atoms with Crippen LogP contribution >= 0.6 is 0 Å². The number of hydrogen-bond donors (Lipinski definition) is 1. The molecule has 1 aliphatic rings. The first-order valence-corrected chi connectivity index (χ1v) is 9.21. The van der Waals surface area contributed by atoms with Crippen LogP contribution in [0, 0.1) is 0 Å². The van der Waals surface area contributed by atoms with Crippen molar-refractivity contribution < 1.29 is 23.9 Å². The number of fused-ring (bicyclic) bond motifs is 2. The fourth-order valence-corrected chi connectivity index (χ4v) is 3.24. The lowest BCUT2D eigenvalue weighted by atomic mass is 9.83. The van der Waals surface area contributed by atoms with E-state index < -0.39 is 18.0 Å². The second-order valence-electron chi connectivity index (χ2n) is 6.68. The van der Waals surface area contributed by atoms with E-state index in [4.69, 9.17) is 4.74 Å². The van der Waals surface area contributed by atoms with E-state index in [0.29, 0.717) is 5.56 Å². The molecule has 1 heterocycles. The zero-order valence-electron chi connectivity index (χ0n) is 15.9. The highest BCUT2D eigenvalue weighted by molar-refractivity contribution is 6.30. The van der Waals surface area contributed by atoms with Crippen molar-refractivity contribution in [3.05, 3.63) is 94.8 Å². The van der Waals surface area contributed by atoms with E-state index in [2.05, 4.69) is 10.3 Å². The lowest BCUT2D eigenvalue weighted by molar-refractivity contribution is -0.123. The summed E-state index contributed by atoms with van der Waals surface area (Å²) in [5.74, 6) is -2.01. The Bertz CT molecular complexity index is 1190. The first-order valence-electron chi connectivity index (χ1n) is 9.21. The molecule has 1 aromatic heterocycles. The summed E-state index contributed by atoms with van der Waals surface area (Å²) >= 11 is 0. The van der Waals surface area contributed by atoms with E-state index in [-0.39, 0.29) is 39.6 Å². The van der Waals surface area contributed by atoms with E-state index in [9.17, 15) is 19.2 Å². The summed E-state index contributed by atoms with van der Waals surface area (Å²) in [6, 6.07) is 16.0. The summed E-state index contributed by atoms with van der Waals surface area (Å²) in [6.07, 6.45) is 0.301. The topological polar surface area (TPSA) is 102 Å². The molecule has 0 saturated carbocycles. The smallest absolute Gasteiger partial charge is 0.357 e. The quantitative estimate of drug-likeness (QED) is 0.528. The van der Waals surface area contributed by atoms with Crippen LogP contribution in [0.15, 0.2) is 66.9 Å². The number of aromatic nitrogens is 1. The number of nitrogens with one attached hydrogen (secondary N) is 1. The Hall–Kier alpha value is -4.13. The van der Waals surface area contributed by atoms with Crippen molar-refractivity contribution in [2.45, 2.75) is 13.0 Å². The normalized spacial score (nSPS) is 13.1. The van der Waals surface area contributed by atoms with Gasteiger partial charge in [0.15, 0.2) is 17.7 Å². The average molecular weight is 400 g/mol. The van der Waals surface area contributed by atoms with Crippen LogP contribution in [-0.4, -0.2) is 34.5 Å². The number of nitrogens with zero attached hydrogens (tertiary/aromatic N) is 1. The third kappa shape index (κ3) is 3.37. The van der Waals surface area contributed by atoms with E-state index in [1.165, 1.54) is 25.3 Å². The zero-order chi connectivity index (χ0) is 21.3. The van der Waals surface area contributed by atoms with E-state index in [1.54, 1.807) is 48.5 Å². The highest BCUT2D eigenvalue weighted by atomic mass is 16.5. The van der Waals surface area contributed by atoms with Crippen LogP contribution in [0.4, 0.5) is 5.69 Å². The molecule has 1 atom stereocenters. The number of esters is 1. The molecule has 1 unspecified atom stereocenters. The number of rotatable bonds is 4. The second kappa shape index (κ2) is 7.71. The number of amides is 1. The number of carbonyl (C=O) groups is 4. The number of pyridine rings is 1. The van der Waals surface area contributed by atoms with Crippen molar-refractivity contribution in [3.8, 4) is 0 Å². The molecule has 0 aliphatic heterocycles. The molecule has 0 spiro atoms. The number of ether oxygens (including phenoxy) is 1. The van der Waals surface area contributed by atoms with Crippen molar-refractivity contribution in [1.82, 2.24) is 4.98 Å². The Morgan fingerprint density at radius 2 is 1.53 bits per heavy atom. The maximum Gasteiger partial charge on any atom is 0.357 e. The number of ketones is 2. The minimum atomic E-state index is -1.14. The van der Waals surface area contributed by atoms with Crippen LogP contribution in [0.3, 0.4) is 0 Å². The average Bonchev–Trinajstić information content (AvgIpc) is 2.78. The van der Waals surface area contributed by atoms with Crippen LogP contribution in [0.2, 0.25) is 0 Å².